The number of hydrogen-bond acceptors (Lipinski definition) is 5. The van der Waals surface area contributed by atoms with Crippen LogP contribution in [-0.2, 0) is 13.6 Å². The minimum Gasteiger partial charge on any atom is -0.303 e. The van der Waals surface area contributed by atoms with Gasteiger partial charge in [0.1, 0.15) is 0 Å². The van der Waals surface area contributed by atoms with E-state index >= 15 is 0 Å². The summed E-state index contributed by atoms with van der Waals surface area (Å²) in [6, 6.07) is 0. The van der Waals surface area contributed by atoms with E-state index in [0.717, 1.165) is 37.8 Å². The van der Waals surface area contributed by atoms with Crippen LogP contribution in [0.15, 0.2) is 14.7 Å². The van der Waals surface area contributed by atoms with Gasteiger partial charge >= 0.3 is 5.69 Å². The first kappa shape index (κ1) is 22.9. The number of hydrazone groups is 1. The van der Waals surface area contributed by atoms with E-state index < -0.39 is 11.2 Å². The Hall–Kier alpha value is -2.38. The molecule has 0 bridgehead atoms. The molecule has 0 saturated heterocycles. The Morgan fingerprint density at radius 3 is 2.38 bits per heavy atom. The van der Waals surface area contributed by atoms with E-state index in [4.69, 9.17) is 0 Å². The first-order valence-corrected chi connectivity index (χ1v) is 11.0. The molecule has 0 radical (unpaired) electrons. The van der Waals surface area contributed by atoms with Crippen molar-refractivity contribution in [2.24, 2.45) is 12.1 Å². The predicted octanol–water partition coefficient (Wildman–Crippen LogP) is 4.15. The summed E-state index contributed by atoms with van der Waals surface area (Å²) in [4.78, 5) is 31.3. The van der Waals surface area contributed by atoms with Crippen molar-refractivity contribution in [1.29, 1.82) is 0 Å². The zero-order chi connectivity index (χ0) is 21.2. The van der Waals surface area contributed by atoms with Crippen LogP contribution in [0.25, 0.3) is 11.2 Å². The fourth-order valence-corrected chi connectivity index (χ4v) is 3.40. The molecule has 8 nitrogen and oxygen atoms in total. The van der Waals surface area contributed by atoms with Crippen LogP contribution >= 0.6 is 0 Å². The number of fused-ring (bicyclic) bond motifs is 1. The lowest BCUT2D eigenvalue weighted by molar-refractivity contribution is 0.556. The summed E-state index contributed by atoms with van der Waals surface area (Å²) in [5.41, 5.74) is 3.95. The Balaban J connectivity index is 2.21. The van der Waals surface area contributed by atoms with Crippen LogP contribution in [0.1, 0.15) is 85.0 Å². The van der Waals surface area contributed by atoms with Gasteiger partial charge < -0.3 is 4.57 Å². The molecule has 162 valence electrons. The first-order chi connectivity index (χ1) is 14.0. The zero-order valence-corrected chi connectivity index (χ0v) is 18.4. The van der Waals surface area contributed by atoms with E-state index in [-0.39, 0.29) is 0 Å². The van der Waals surface area contributed by atoms with Gasteiger partial charge in [0, 0.05) is 19.3 Å². The van der Waals surface area contributed by atoms with Crippen LogP contribution in [0.4, 0.5) is 5.95 Å². The molecule has 2 rings (SSSR count). The largest absolute Gasteiger partial charge is 0.329 e. The second kappa shape index (κ2) is 11.6. The lowest BCUT2D eigenvalue weighted by Gasteiger charge is -2.09. The summed E-state index contributed by atoms with van der Waals surface area (Å²) in [6.07, 6.45) is 11.4. The van der Waals surface area contributed by atoms with Gasteiger partial charge in [-0.2, -0.15) is 10.1 Å². The van der Waals surface area contributed by atoms with E-state index in [9.17, 15) is 9.59 Å². The maximum atomic E-state index is 12.5. The van der Waals surface area contributed by atoms with Crippen molar-refractivity contribution < 1.29 is 0 Å². The lowest BCUT2D eigenvalue weighted by Crippen LogP contribution is -2.29. The van der Waals surface area contributed by atoms with Crippen molar-refractivity contribution in [3.8, 4) is 0 Å². The molecule has 0 aliphatic heterocycles. The molecule has 0 aliphatic rings. The summed E-state index contributed by atoms with van der Waals surface area (Å²) < 4.78 is 3.23. The molecular formula is C21H36N6O2. The maximum absolute atomic E-state index is 12.5. The van der Waals surface area contributed by atoms with Crippen molar-refractivity contribution in [3.63, 3.8) is 0 Å². The highest BCUT2D eigenvalue weighted by atomic mass is 16.2. The fraction of sp³-hybridized carbons (Fsp3) is 0.714. The predicted molar refractivity (Wildman–Crippen MR) is 120 cm³/mol. The van der Waals surface area contributed by atoms with Gasteiger partial charge in [-0.1, -0.05) is 58.8 Å². The summed E-state index contributed by atoms with van der Waals surface area (Å²) in [5, 5.41) is 4.43. The number of aromatic nitrogens is 4. The van der Waals surface area contributed by atoms with Crippen LogP contribution in [0.3, 0.4) is 0 Å². The van der Waals surface area contributed by atoms with Crippen LogP contribution in [0, 0.1) is 0 Å². The number of aromatic amines is 1. The summed E-state index contributed by atoms with van der Waals surface area (Å²) in [7, 11) is 1.62. The molecule has 0 atom stereocenters. The number of anilines is 1. The highest BCUT2D eigenvalue weighted by Gasteiger charge is 2.17. The van der Waals surface area contributed by atoms with Gasteiger partial charge in [-0.05, 0) is 26.2 Å². The topological polar surface area (TPSA) is 97.1 Å². The smallest absolute Gasteiger partial charge is 0.303 e. The molecule has 0 aromatic carbocycles. The normalized spacial score (nSPS) is 12.1. The van der Waals surface area contributed by atoms with Crippen LogP contribution < -0.4 is 16.7 Å². The highest BCUT2D eigenvalue weighted by Crippen LogP contribution is 2.17. The van der Waals surface area contributed by atoms with Crippen LogP contribution in [0.2, 0.25) is 0 Å². The molecule has 2 aromatic heterocycles. The van der Waals surface area contributed by atoms with Crippen LogP contribution in [-0.4, -0.2) is 24.8 Å². The monoisotopic (exact) mass is 404 g/mol. The Labute approximate surface area is 172 Å². The molecule has 0 aliphatic carbocycles. The molecule has 2 heterocycles. The first-order valence-electron chi connectivity index (χ1n) is 11.0. The molecule has 0 amide bonds. The van der Waals surface area contributed by atoms with Gasteiger partial charge in [-0.15, -0.1) is 0 Å². The number of hydrogen-bond donors (Lipinski definition) is 2. The molecule has 8 heteroatoms. The number of imidazole rings is 1. The Morgan fingerprint density at radius 2 is 1.69 bits per heavy atom. The van der Waals surface area contributed by atoms with E-state index in [1.807, 2.05) is 11.5 Å². The van der Waals surface area contributed by atoms with Crippen LogP contribution in [0.5, 0.6) is 0 Å². The van der Waals surface area contributed by atoms with Crippen molar-refractivity contribution in [2.45, 2.75) is 91.5 Å². The Bertz CT molecular complexity index is 922. The summed E-state index contributed by atoms with van der Waals surface area (Å²) in [6.45, 7) is 7.01. The molecule has 0 fully saturated rings. The number of nitrogens with zero attached hydrogens (tertiary/aromatic N) is 4. The van der Waals surface area contributed by atoms with E-state index in [2.05, 4.69) is 34.3 Å². The molecule has 0 spiro atoms. The average Bonchev–Trinajstić information content (AvgIpc) is 3.07. The Kier molecular flexibility index (Phi) is 9.15. The second-order valence-corrected chi connectivity index (χ2v) is 7.76. The second-order valence-electron chi connectivity index (χ2n) is 7.76. The number of nitrogens with one attached hydrogen (secondary N) is 2. The number of H-pyrrole nitrogens is 1. The zero-order valence-electron chi connectivity index (χ0n) is 18.4. The van der Waals surface area contributed by atoms with Crippen molar-refractivity contribution >= 4 is 22.8 Å². The minimum absolute atomic E-state index is 0.380. The van der Waals surface area contributed by atoms with Gasteiger partial charge in [0.15, 0.2) is 11.2 Å². The SMILES string of the molecule is CCCCCCCCCn1c(N/N=C(\C)CCCC)nc2c1c(=O)[nH]c(=O)n2C. The standard InChI is InChI=1S/C21H36N6O2/c1-5-7-9-10-11-12-13-15-27-17-18(26(4)21(29)23-19(17)28)22-20(27)25-24-16(3)14-8-6-2/h5-15H2,1-4H3,(H,22,25)(H,23,28,29)/b24-16+. The van der Waals surface area contributed by atoms with Gasteiger partial charge in [0.25, 0.3) is 5.56 Å². The number of rotatable bonds is 13. The fourth-order valence-electron chi connectivity index (χ4n) is 3.40. The molecule has 0 unspecified atom stereocenters. The van der Waals surface area contributed by atoms with Gasteiger partial charge in [0.05, 0.1) is 0 Å². The van der Waals surface area contributed by atoms with Crippen molar-refractivity contribution in [3.05, 3.63) is 20.8 Å². The molecule has 2 N–H and O–H groups in total. The van der Waals surface area contributed by atoms with E-state index in [1.165, 1.54) is 36.7 Å². The average molecular weight is 405 g/mol. The quantitative estimate of drug-likeness (QED) is 0.298. The van der Waals surface area contributed by atoms with E-state index in [1.54, 1.807) is 7.05 Å². The minimum atomic E-state index is -0.461. The van der Waals surface area contributed by atoms with Crippen molar-refractivity contribution in [1.82, 2.24) is 19.1 Å². The van der Waals surface area contributed by atoms with Gasteiger partial charge in [-0.25, -0.2) is 10.2 Å². The molecule has 0 saturated carbocycles. The molecular weight excluding hydrogens is 368 g/mol. The molecule has 2 aromatic rings. The third-order valence-corrected chi connectivity index (χ3v) is 5.23. The van der Waals surface area contributed by atoms with E-state index in [0.29, 0.717) is 23.7 Å². The number of unbranched alkanes of at least 4 members (excludes halogenated alkanes) is 7. The Morgan fingerprint density at radius 1 is 1.03 bits per heavy atom. The maximum Gasteiger partial charge on any atom is 0.329 e. The van der Waals surface area contributed by atoms with Crippen molar-refractivity contribution in [2.75, 3.05) is 5.43 Å². The molecule has 29 heavy (non-hydrogen) atoms. The van der Waals surface area contributed by atoms with Gasteiger partial charge in [-0.3, -0.25) is 14.3 Å². The summed E-state index contributed by atoms with van der Waals surface area (Å²) >= 11 is 0. The third kappa shape index (κ3) is 6.30. The highest BCUT2D eigenvalue weighted by molar-refractivity contribution is 5.82. The number of aryl methyl sites for hydroxylation is 2. The lowest BCUT2D eigenvalue weighted by atomic mass is 10.1. The van der Waals surface area contributed by atoms with Gasteiger partial charge in [0.2, 0.25) is 5.95 Å². The summed E-state index contributed by atoms with van der Waals surface area (Å²) in [5.74, 6) is 0.508. The third-order valence-electron chi connectivity index (χ3n) is 5.23.